The normalized spacial score (nSPS) is 10.8. The van der Waals surface area contributed by atoms with Gasteiger partial charge in [-0.1, -0.05) is 41.9 Å². The van der Waals surface area contributed by atoms with Crippen molar-refractivity contribution in [3.63, 3.8) is 0 Å². The third-order valence-electron chi connectivity index (χ3n) is 3.16. The molecule has 0 heterocycles. The molecule has 0 saturated heterocycles. The molecule has 24 heavy (non-hydrogen) atoms. The van der Waals surface area contributed by atoms with Crippen molar-refractivity contribution in [2.45, 2.75) is 13.5 Å². The van der Waals surface area contributed by atoms with Gasteiger partial charge in [0.2, 0.25) is 0 Å². The summed E-state index contributed by atoms with van der Waals surface area (Å²) >= 11 is 6.08. The Morgan fingerprint density at radius 3 is 2.54 bits per heavy atom. The zero-order chi connectivity index (χ0) is 17.4. The quantitative estimate of drug-likeness (QED) is 0.444. The Hall–Kier alpha value is -2.77. The number of nitrogens with zero attached hydrogens (tertiary/aromatic N) is 1. The number of benzene rings is 2. The van der Waals surface area contributed by atoms with Gasteiger partial charge in [-0.3, -0.25) is 0 Å². The standard InChI is InChI=1S/C19H16ClNO3/c1-2-23-19(22)16(12-21)11-14-7-9-17(10-8-14)24-13-15-5-3-4-6-18(15)20/h3-11H,2,13H2,1H3. The Kier molecular flexibility index (Phi) is 6.41. The summed E-state index contributed by atoms with van der Waals surface area (Å²) in [5.41, 5.74) is 1.57. The molecule has 0 unspecified atom stereocenters. The van der Waals surface area contributed by atoms with Crippen molar-refractivity contribution in [2.24, 2.45) is 0 Å². The van der Waals surface area contributed by atoms with Gasteiger partial charge in [0.15, 0.2) is 0 Å². The highest BCUT2D eigenvalue weighted by Gasteiger charge is 2.09. The zero-order valence-corrected chi connectivity index (χ0v) is 13.9. The van der Waals surface area contributed by atoms with Crippen LogP contribution >= 0.6 is 11.6 Å². The Bertz CT molecular complexity index is 776. The molecule has 2 aromatic carbocycles. The van der Waals surface area contributed by atoms with Gasteiger partial charge in [-0.2, -0.15) is 5.26 Å². The molecule has 0 spiro atoms. The summed E-state index contributed by atoms with van der Waals surface area (Å²) in [6, 6.07) is 16.4. The monoisotopic (exact) mass is 341 g/mol. The van der Waals surface area contributed by atoms with E-state index in [2.05, 4.69) is 0 Å². The summed E-state index contributed by atoms with van der Waals surface area (Å²) in [4.78, 5) is 11.6. The van der Waals surface area contributed by atoms with Gasteiger partial charge in [0.1, 0.15) is 24.0 Å². The molecule has 0 bridgehead atoms. The van der Waals surface area contributed by atoms with E-state index >= 15 is 0 Å². The number of carbonyl (C=O) groups excluding carboxylic acids is 1. The second kappa shape index (κ2) is 8.76. The average molecular weight is 342 g/mol. The van der Waals surface area contributed by atoms with Crippen LogP contribution in [-0.4, -0.2) is 12.6 Å². The summed E-state index contributed by atoms with van der Waals surface area (Å²) in [5, 5.41) is 9.68. The van der Waals surface area contributed by atoms with Crippen LogP contribution in [0, 0.1) is 11.3 Å². The summed E-state index contributed by atoms with van der Waals surface area (Å²) in [7, 11) is 0. The Labute approximate surface area is 145 Å². The van der Waals surface area contributed by atoms with Crippen LogP contribution in [0.1, 0.15) is 18.1 Å². The number of hydrogen-bond acceptors (Lipinski definition) is 4. The van der Waals surface area contributed by atoms with Crippen LogP contribution in [0.2, 0.25) is 5.02 Å². The van der Waals surface area contributed by atoms with Crippen LogP contribution in [0.3, 0.4) is 0 Å². The van der Waals surface area contributed by atoms with Gasteiger partial charge in [-0.25, -0.2) is 4.79 Å². The summed E-state index contributed by atoms with van der Waals surface area (Å²) in [6.45, 7) is 2.28. The van der Waals surface area contributed by atoms with E-state index in [4.69, 9.17) is 26.3 Å². The van der Waals surface area contributed by atoms with E-state index in [1.165, 1.54) is 6.08 Å². The van der Waals surface area contributed by atoms with E-state index in [9.17, 15) is 4.79 Å². The third-order valence-corrected chi connectivity index (χ3v) is 3.53. The molecule has 122 valence electrons. The topological polar surface area (TPSA) is 59.3 Å². The highest BCUT2D eigenvalue weighted by molar-refractivity contribution is 6.31. The highest BCUT2D eigenvalue weighted by Crippen LogP contribution is 2.19. The van der Waals surface area contributed by atoms with Crippen molar-refractivity contribution in [3.8, 4) is 11.8 Å². The fourth-order valence-electron chi connectivity index (χ4n) is 1.95. The van der Waals surface area contributed by atoms with Crippen LogP contribution in [0.5, 0.6) is 5.75 Å². The molecule has 0 aliphatic heterocycles. The second-order valence-electron chi connectivity index (χ2n) is 4.84. The summed E-state index contributed by atoms with van der Waals surface area (Å²) < 4.78 is 10.5. The maximum Gasteiger partial charge on any atom is 0.348 e. The number of esters is 1. The SMILES string of the molecule is CCOC(=O)C(C#N)=Cc1ccc(OCc2ccccc2Cl)cc1. The smallest absolute Gasteiger partial charge is 0.348 e. The highest BCUT2D eigenvalue weighted by atomic mass is 35.5. The maximum atomic E-state index is 11.6. The van der Waals surface area contributed by atoms with Crippen molar-refractivity contribution in [2.75, 3.05) is 6.61 Å². The van der Waals surface area contributed by atoms with E-state index in [-0.39, 0.29) is 12.2 Å². The lowest BCUT2D eigenvalue weighted by Gasteiger charge is -2.08. The van der Waals surface area contributed by atoms with E-state index in [0.717, 1.165) is 5.56 Å². The fraction of sp³-hybridized carbons (Fsp3) is 0.158. The van der Waals surface area contributed by atoms with Gasteiger partial charge in [0.25, 0.3) is 0 Å². The van der Waals surface area contributed by atoms with Crippen molar-refractivity contribution in [3.05, 3.63) is 70.3 Å². The third kappa shape index (κ3) is 4.87. The first-order chi connectivity index (χ1) is 11.6. The molecule has 0 N–H and O–H groups in total. The maximum absolute atomic E-state index is 11.6. The number of hydrogen-bond donors (Lipinski definition) is 0. The molecule has 0 aliphatic carbocycles. The van der Waals surface area contributed by atoms with E-state index in [1.807, 2.05) is 30.3 Å². The lowest BCUT2D eigenvalue weighted by molar-refractivity contribution is -0.137. The van der Waals surface area contributed by atoms with Gasteiger partial charge >= 0.3 is 5.97 Å². The fourth-order valence-corrected chi connectivity index (χ4v) is 2.14. The van der Waals surface area contributed by atoms with E-state index < -0.39 is 5.97 Å². The Balaban J connectivity index is 2.04. The predicted octanol–water partition coefficient (Wildman–Crippen LogP) is 4.39. The number of ether oxygens (including phenoxy) is 2. The molecule has 0 aromatic heterocycles. The molecule has 2 rings (SSSR count). The molecule has 0 saturated carbocycles. The van der Waals surface area contributed by atoms with Crippen molar-refractivity contribution >= 4 is 23.6 Å². The molecule has 0 amide bonds. The van der Waals surface area contributed by atoms with E-state index in [0.29, 0.717) is 22.9 Å². The van der Waals surface area contributed by atoms with E-state index in [1.54, 1.807) is 31.2 Å². The number of rotatable bonds is 6. The molecular weight excluding hydrogens is 326 g/mol. The average Bonchev–Trinajstić information content (AvgIpc) is 2.60. The predicted molar refractivity (Wildman–Crippen MR) is 92.4 cm³/mol. The van der Waals surface area contributed by atoms with Gasteiger partial charge in [-0.05, 0) is 36.8 Å². The zero-order valence-electron chi connectivity index (χ0n) is 13.2. The molecule has 2 aromatic rings. The van der Waals surface area contributed by atoms with Gasteiger partial charge < -0.3 is 9.47 Å². The van der Waals surface area contributed by atoms with Crippen molar-refractivity contribution < 1.29 is 14.3 Å². The van der Waals surface area contributed by atoms with Crippen molar-refractivity contribution in [1.82, 2.24) is 0 Å². The van der Waals surface area contributed by atoms with Crippen LogP contribution in [-0.2, 0) is 16.1 Å². The molecule has 4 nitrogen and oxygen atoms in total. The second-order valence-corrected chi connectivity index (χ2v) is 5.25. The number of halogens is 1. The first-order valence-electron chi connectivity index (χ1n) is 7.39. The minimum Gasteiger partial charge on any atom is -0.489 e. The Morgan fingerprint density at radius 1 is 1.21 bits per heavy atom. The summed E-state index contributed by atoms with van der Waals surface area (Å²) in [6.07, 6.45) is 1.48. The number of carbonyl (C=O) groups is 1. The molecule has 0 fully saturated rings. The van der Waals surface area contributed by atoms with Crippen LogP contribution in [0.25, 0.3) is 6.08 Å². The minimum atomic E-state index is -0.626. The Morgan fingerprint density at radius 2 is 1.92 bits per heavy atom. The van der Waals surface area contributed by atoms with Crippen LogP contribution in [0.4, 0.5) is 0 Å². The summed E-state index contributed by atoms with van der Waals surface area (Å²) in [5.74, 6) is 0.0424. The molecular formula is C19H16ClNO3. The largest absolute Gasteiger partial charge is 0.489 e. The lowest BCUT2D eigenvalue weighted by Crippen LogP contribution is -2.05. The molecule has 0 aliphatic rings. The van der Waals surface area contributed by atoms with Crippen molar-refractivity contribution in [1.29, 1.82) is 5.26 Å². The first kappa shape index (κ1) is 17.6. The lowest BCUT2D eigenvalue weighted by atomic mass is 10.1. The van der Waals surface area contributed by atoms with Gasteiger partial charge in [0.05, 0.1) is 6.61 Å². The first-order valence-corrected chi connectivity index (χ1v) is 7.77. The van der Waals surface area contributed by atoms with Gasteiger partial charge in [-0.15, -0.1) is 0 Å². The minimum absolute atomic E-state index is 0.0402. The molecule has 0 atom stereocenters. The number of nitriles is 1. The van der Waals surface area contributed by atoms with Crippen LogP contribution in [0.15, 0.2) is 54.1 Å². The van der Waals surface area contributed by atoms with Gasteiger partial charge in [0, 0.05) is 10.6 Å². The molecule has 0 radical (unpaired) electrons. The molecule has 5 heteroatoms. The van der Waals surface area contributed by atoms with Crippen LogP contribution < -0.4 is 4.74 Å².